The molecular weight excluding hydrogens is 390 g/mol. The van der Waals surface area contributed by atoms with E-state index in [1.54, 1.807) is 16.2 Å². The minimum Gasteiger partial charge on any atom is -0.305 e. The molecule has 1 aromatic heterocycles. The summed E-state index contributed by atoms with van der Waals surface area (Å²) in [5.74, 6) is -0.567. The van der Waals surface area contributed by atoms with E-state index < -0.39 is 5.91 Å². The van der Waals surface area contributed by atoms with Crippen molar-refractivity contribution in [3.05, 3.63) is 77.5 Å². The maximum Gasteiger partial charge on any atom is 0.267 e. The van der Waals surface area contributed by atoms with Crippen LogP contribution in [0.4, 0.5) is 0 Å². The van der Waals surface area contributed by atoms with E-state index in [9.17, 15) is 4.79 Å². The van der Waals surface area contributed by atoms with Gasteiger partial charge in [0.05, 0.1) is 12.7 Å². The highest BCUT2D eigenvalue weighted by molar-refractivity contribution is 5.90. The highest BCUT2D eigenvalue weighted by Crippen LogP contribution is 2.18. The third-order valence-corrected chi connectivity index (χ3v) is 4.12. The lowest BCUT2D eigenvalue weighted by molar-refractivity contribution is -0.124. The normalized spacial score (nSPS) is 10.9. The molecule has 0 spiro atoms. The van der Waals surface area contributed by atoms with Gasteiger partial charge in [0.2, 0.25) is 0 Å². The Bertz CT molecular complexity index is 967. The summed E-state index contributed by atoms with van der Waals surface area (Å²) in [5, 5.41) is 17.0. The second-order valence-electron chi connectivity index (χ2n) is 6.79. The Hall–Kier alpha value is -3.00. The number of benzene rings is 2. The van der Waals surface area contributed by atoms with Crippen molar-refractivity contribution in [2.75, 3.05) is 14.1 Å². The number of hydrogen-bond donors (Lipinski definition) is 2. The first-order valence-corrected chi connectivity index (χ1v) is 8.89. The zero-order valence-corrected chi connectivity index (χ0v) is 17.1. The molecule has 0 atom stereocenters. The van der Waals surface area contributed by atoms with Crippen LogP contribution in [0.5, 0.6) is 0 Å². The monoisotopic (exact) mass is 413 g/mol. The number of rotatable bonds is 7. The van der Waals surface area contributed by atoms with Crippen LogP contribution < -0.4 is 5.48 Å². The van der Waals surface area contributed by atoms with Gasteiger partial charge in [0.15, 0.2) is 0 Å². The lowest BCUT2D eigenvalue weighted by Gasteiger charge is -2.09. The fourth-order valence-corrected chi connectivity index (χ4v) is 2.85. The fraction of sp³-hybridized carbons (Fsp3) is 0.190. The predicted octanol–water partition coefficient (Wildman–Crippen LogP) is 3.00. The molecule has 0 bridgehead atoms. The molecule has 29 heavy (non-hydrogen) atoms. The van der Waals surface area contributed by atoms with Gasteiger partial charge in [0, 0.05) is 18.2 Å². The molecule has 0 aliphatic heterocycles. The van der Waals surface area contributed by atoms with Gasteiger partial charge >= 0.3 is 0 Å². The lowest BCUT2D eigenvalue weighted by Crippen LogP contribution is -2.14. The first kappa shape index (κ1) is 22.3. The van der Waals surface area contributed by atoms with E-state index in [-0.39, 0.29) is 12.4 Å². The van der Waals surface area contributed by atoms with Gasteiger partial charge in [-0.05, 0) is 42.9 Å². The van der Waals surface area contributed by atoms with E-state index in [0.29, 0.717) is 6.54 Å². The highest BCUT2D eigenvalue weighted by Gasteiger charge is 2.05. The van der Waals surface area contributed by atoms with Gasteiger partial charge < -0.3 is 4.90 Å². The molecule has 1 heterocycles. The van der Waals surface area contributed by atoms with E-state index in [0.717, 1.165) is 28.9 Å². The van der Waals surface area contributed by atoms with Crippen LogP contribution in [0.2, 0.25) is 0 Å². The molecule has 0 fully saturated rings. The van der Waals surface area contributed by atoms with Crippen LogP contribution in [0.3, 0.4) is 0 Å². The number of hydroxylamine groups is 1. The molecule has 0 saturated heterocycles. The Morgan fingerprint density at radius 1 is 1.17 bits per heavy atom. The number of nitrogens with zero attached hydrogens (tertiary/aromatic N) is 4. The van der Waals surface area contributed by atoms with E-state index in [4.69, 9.17) is 5.21 Å². The maximum absolute atomic E-state index is 11.1. The topological polar surface area (TPSA) is 83.3 Å². The molecule has 2 aromatic carbocycles. The molecule has 0 saturated carbocycles. The molecule has 0 radical (unpaired) electrons. The van der Waals surface area contributed by atoms with Crippen LogP contribution in [0, 0.1) is 0 Å². The van der Waals surface area contributed by atoms with Crippen LogP contribution in [0.25, 0.3) is 17.3 Å². The number of hydrogen-bond acceptors (Lipinski definition) is 5. The fourth-order valence-electron chi connectivity index (χ4n) is 2.85. The molecule has 7 nitrogen and oxygen atoms in total. The summed E-state index contributed by atoms with van der Waals surface area (Å²) in [7, 11) is 4.09. The van der Waals surface area contributed by atoms with Crippen LogP contribution in [0.15, 0.2) is 60.8 Å². The second kappa shape index (κ2) is 10.5. The molecule has 0 aliphatic rings. The number of carbonyl (C=O) groups is 1. The van der Waals surface area contributed by atoms with Crippen molar-refractivity contribution in [2.45, 2.75) is 13.1 Å². The number of amides is 1. The quantitative estimate of drug-likeness (QED) is 0.353. The van der Waals surface area contributed by atoms with Crippen molar-refractivity contribution >= 4 is 24.4 Å². The average molecular weight is 414 g/mol. The Kier molecular flexibility index (Phi) is 8.09. The van der Waals surface area contributed by atoms with Crippen molar-refractivity contribution < 1.29 is 10.0 Å². The summed E-state index contributed by atoms with van der Waals surface area (Å²) in [6.07, 6.45) is 4.83. The minimum absolute atomic E-state index is 0. The molecule has 0 aliphatic carbocycles. The summed E-state index contributed by atoms with van der Waals surface area (Å²) in [6.45, 7) is 1.47. The third-order valence-electron chi connectivity index (χ3n) is 4.12. The van der Waals surface area contributed by atoms with Crippen molar-refractivity contribution in [3.8, 4) is 11.3 Å². The predicted molar refractivity (Wildman–Crippen MR) is 115 cm³/mol. The van der Waals surface area contributed by atoms with Crippen LogP contribution >= 0.6 is 12.4 Å². The van der Waals surface area contributed by atoms with Crippen LogP contribution in [-0.4, -0.2) is 45.1 Å². The number of carbonyl (C=O) groups excluding carboxylic acids is 1. The molecule has 2 N–H and O–H groups in total. The minimum atomic E-state index is -0.567. The molecule has 8 heteroatoms. The molecule has 3 rings (SSSR count). The number of aromatic nitrogens is 3. The van der Waals surface area contributed by atoms with Gasteiger partial charge in [0.25, 0.3) is 5.91 Å². The third kappa shape index (κ3) is 6.53. The van der Waals surface area contributed by atoms with Crippen LogP contribution in [-0.2, 0) is 17.9 Å². The first-order chi connectivity index (χ1) is 13.5. The Labute approximate surface area is 176 Å². The SMILES string of the molecule is CN(C)Cc1ccc(-c2cn(Cc3cccc(/C=C/C(=O)NO)c3)nn2)cc1.Cl. The van der Waals surface area contributed by atoms with Gasteiger partial charge in [0.1, 0.15) is 5.69 Å². The maximum atomic E-state index is 11.1. The summed E-state index contributed by atoms with van der Waals surface area (Å²) >= 11 is 0. The zero-order chi connectivity index (χ0) is 19.9. The van der Waals surface area contributed by atoms with Gasteiger partial charge in [-0.15, -0.1) is 17.5 Å². The van der Waals surface area contributed by atoms with E-state index >= 15 is 0 Å². The highest BCUT2D eigenvalue weighted by atomic mass is 35.5. The van der Waals surface area contributed by atoms with E-state index in [1.165, 1.54) is 11.6 Å². The molecule has 3 aromatic rings. The Morgan fingerprint density at radius 2 is 1.93 bits per heavy atom. The summed E-state index contributed by atoms with van der Waals surface area (Å²) in [6, 6.07) is 16.1. The van der Waals surface area contributed by atoms with Crippen molar-refractivity contribution in [3.63, 3.8) is 0 Å². The first-order valence-electron chi connectivity index (χ1n) is 8.89. The second-order valence-corrected chi connectivity index (χ2v) is 6.79. The number of nitrogens with one attached hydrogen (secondary N) is 1. The average Bonchev–Trinajstić information content (AvgIpc) is 3.15. The van der Waals surface area contributed by atoms with Gasteiger partial charge in [-0.1, -0.05) is 47.7 Å². The molecule has 152 valence electrons. The molecule has 1 amide bonds. The largest absolute Gasteiger partial charge is 0.305 e. The van der Waals surface area contributed by atoms with Crippen molar-refractivity contribution in [1.82, 2.24) is 25.4 Å². The standard InChI is InChI=1S/C21H23N5O2.ClH/c1-25(2)13-17-6-9-19(10-7-17)20-15-26(24-22-20)14-18-5-3-4-16(12-18)8-11-21(27)23-28;/h3-12,15,28H,13-14H2,1-2H3,(H,23,27);1H/b11-8+;. The smallest absolute Gasteiger partial charge is 0.267 e. The summed E-state index contributed by atoms with van der Waals surface area (Å²) in [5.41, 5.74) is 6.57. The van der Waals surface area contributed by atoms with Crippen LogP contribution in [0.1, 0.15) is 16.7 Å². The Morgan fingerprint density at radius 3 is 2.62 bits per heavy atom. The van der Waals surface area contributed by atoms with E-state index in [1.807, 2.05) is 44.6 Å². The summed E-state index contributed by atoms with van der Waals surface area (Å²) in [4.78, 5) is 13.2. The Balaban J connectivity index is 0.00000300. The van der Waals surface area contributed by atoms with Gasteiger partial charge in [-0.25, -0.2) is 10.2 Å². The molecule has 0 unspecified atom stereocenters. The lowest BCUT2D eigenvalue weighted by atomic mass is 10.1. The molecular formula is C21H24ClN5O2. The van der Waals surface area contributed by atoms with Crippen molar-refractivity contribution in [2.24, 2.45) is 0 Å². The number of halogens is 1. The van der Waals surface area contributed by atoms with Gasteiger partial charge in [-0.2, -0.15) is 0 Å². The zero-order valence-electron chi connectivity index (χ0n) is 16.3. The van der Waals surface area contributed by atoms with Crippen molar-refractivity contribution in [1.29, 1.82) is 0 Å². The summed E-state index contributed by atoms with van der Waals surface area (Å²) < 4.78 is 1.78. The van der Waals surface area contributed by atoms with Gasteiger partial charge in [-0.3, -0.25) is 10.0 Å². The van der Waals surface area contributed by atoms with E-state index in [2.05, 4.69) is 39.5 Å².